The van der Waals surface area contributed by atoms with Crippen LogP contribution in [0.4, 0.5) is 0 Å². The molecular formula is C18H26O2. The highest BCUT2D eigenvalue weighted by Gasteiger charge is 2.20. The number of hydrogen-bond acceptors (Lipinski definition) is 2. The average Bonchev–Trinajstić information content (AvgIpc) is 2.76. The quantitative estimate of drug-likeness (QED) is 0.844. The van der Waals surface area contributed by atoms with Crippen LogP contribution in [0.1, 0.15) is 56.1 Å². The smallest absolute Gasteiger partial charge is 0.122 e. The summed E-state index contributed by atoms with van der Waals surface area (Å²) in [6.07, 6.45) is 10.6. The third-order valence-corrected chi connectivity index (χ3v) is 4.93. The Morgan fingerprint density at radius 1 is 1.15 bits per heavy atom. The van der Waals surface area contributed by atoms with Crippen molar-refractivity contribution >= 4 is 0 Å². The van der Waals surface area contributed by atoms with E-state index in [1.165, 1.54) is 49.7 Å². The van der Waals surface area contributed by atoms with Crippen LogP contribution in [0.15, 0.2) is 18.2 Å². The Bertz CT molecular complexity index is 433. The van der Waals surface area contributed by atoms with Gasteiger partial charge in [0.2, 0.25) is 0 Å². The number of hydrogen-bond donors (Lipinski definition) is 1. The van der Waals surface area contributed by atoms with Gasteiger partial charge < -0.3 is 9.84 Å². The van der Waals surface area contributed by atoms with Gasteiger partial charge in [0, 0.05) is 6.42 Å². The standard InChI is InChI=1S/C18H26O2/c19-17(15-5-3-1-2-4-6-15)9-7-14-8-10-18-16(13-14)11-12-20-18/h8,10,13,15,17,19H,1-7,9,11-12H2. The lowest BCUT2D eigenvalue weighted by Gasteiger charge is -2.21. The molecule has 1 aromatic carbocycles. The Kier molecular flexibility index (Phi) is 4.62. The van der Waals surface area contributed by atoms with Crippen molar-refractivity contribution in [1.82, 2.24) is 0 Å². The summed E-state index contributed by atoms with van der Waals surface area (Å²) in [5.41, 5.74) is 2.69. The van der Waals surface area contributed by atoms with Gasteiger partial charge in [-0.15, -0.1) is 0 Å². The molecule has 0 amide bonds. The van der Waals surface area contributed by atoms with Gasteiger partial charge in [-0.25, -0.2) is 0 Å². The van der Waals surface area contributed by atoms with Crippen molar-refractivity contribution in [2.75, 3.05) is 6.61 Å². The molecule has 1 aliphatic heterocycles. The summed E-state index contributed by atoms with van der Waals surface area (Å²) >= 11 is 0. The maximum absolute atomic E-state index is 10.4. The lowest BCUT2D eigenvalue weighted by atomic mass is 9.90. The van der Waals surface area contributed by atoms with E-state index in [1.54, 1.807) is 0 Å². The second-order valence-corrected chi connectivity index (χ2v) is 6.40. The molecule has 1 fully saturated rings. The molecule has 0 radical (unpaired) electrons. The van der Waals surface area contributed by atoms with E-state index in [0.717, 1.165) is 31.6 Å². The zero-order valence-electron chi connectivity index (χ0n) is 12.3. The molecule has 0 aromatic heterocycles. The summed E-state index contributed by atoms with van der Waals surface area (Å²) < 4.78 is 5.54. The van der Waals surface area contributed by atoms with Gasteiger partial charge in [-0.3, -0.25) is 0 Å². The number of aryl methyl sites for hydroxylation is 1. The Morgan fingerprint density at radius 2 is 1.95 bits per heavy atom. The predicted molar refractivity (Wildman–Crippen MR) is 81.2 cm³/mol. The molecule has 1 atom stereocenters. The summed E-state index contributed by atoms with van der Waals surface area (Å²) in [7, 11) is 0. The molecule has 0 spiro atoms. The highest BCUT2D eigenvalue weighted by Crippen LogP contribution is 2.29. The van der Waals surface area contributed by atoms with Crippen LogP contribution < -0.4 is 4.74 Å². The normalized spacial score (nSPS) is 21.1. The zero-order chi connectivity index (χ0) is 13.8. The molecule has 2 heteroatoms. The summed E-state index contributed by atoms with van der Waals surface area (Å²) in [5.74, 6) is 1.59. The van der Waals surface area contributed by atoms with E-state index in [4.69, 9.17) is 4.74 Å². The number of ether oxygens (including phenoxy) is 1. The molecule has 1 aliphatic carbocycles. The Labute approximate surface area is 122 Å². The van der Waals surface area contributed by atoms with E-state index in [0.29, 0.717) is 5.92 Å². The fourth-order valence-electron chi connectivity index (χ4n) is 3.64. The molecule has 20 heavy (non-hydrogen) atoms. The lowest BCUT2D eigenvalue weighted by molar-refractivity contribution is 0.0904. The van der Waals surface area contributed by atoms with E-state index in [-0.39, 0.29) is 6.10 Å². The Balaban J connectivity index is 1.53. The van der Waals surface area contributed by atoms with E-state index in [1.807, 2.05) is 0 Å². The highest BCUT2D eigenvalue weighted by atomic mass is 16.5. The molecule has 2 nitrogen and oxygen atoms in total. The largest absolute Gasteiger partial charge is 0.493 e. The summed E-state index contributed by atoms with van der Waals surface area (Å²) in [6.45, 7) is 0.823. The molecule has 1 aromatic rings. The lowest BCUT2D eigenvalue weighted by Crippen LogP contribution is -2.20. The van der Waals surface area contributed by atoms with Crippen molar-refractivity contribution in [3.8, 4) is 5.75 Å². The minimum absolute atomic E-state index is 0.113. The summed E-state index contributed by atoms with van der Waals surface area (Å²) in [6, 6.07) is 6.52. The van der Waals surface area contributed by atoms with E-state index >= 15 is 0 Å². The van der Waals surface area contributed by atoms with Crippen LogP contribution in [0.25, 0.3) is 0 Å². The maximum atomic E-state index is 10.4. The molecule has 1 saturated carbocycles. The van der Waals surface area contributed by atoms with Gasteiger partial charge in [0.15, 0.2) is 0 Å². The van der Waals surface area contributed by atoms with Crippen LogP contribution in [0.3, 0.4) is 0 Å². The highest BCUT2D eigenvalue weighted by molar-refractivity contribution is 5.39. The van der Waals surface area contributed by atoms with Gasteiger partial charge in [0.1, 0.15) is 5.75 Å². The van der Waals surface area contributed by atoms with Gasteiger partial charge in [0.25, 0.3) is 0 Å². The van der Waals surface area contributed by atoms with Crippen LogP contribution >= 0.6 is 0 Å². The second-order valence-electron chi connectivity index (χ2n) is 6.40. The number of benzene rings is 1. The molecule has 0 bridgehead atoms. The predicted octanol–water partition coefficient (Wildman–Crippen LogP) is 3.89. The van der Waals surface area contributed by atoms with Gasteiger partial charge in [-0.05, 0) is 48.8 Å². The van der Waals surface area contributed by atoms with Gasteiger partial charge >= 0.3 is 0 Å². The van der Waals surface area contributed by atoms with Crippen LogP contribution in [0.2, 0.25) is 0 Å². The number of aliphatic hydroxyl groups excluding tert-OH is 1. The van der Waals surface area contributed by atoms with E-state index in [9.17, 15) is 5.11 Å². The molecule has 1 unspecified atom stereocenters. The third-order valence-electron chi connectivity index (χ3n) is 4.93. The second kappa shape index (κ2) is 6.62. The van der Waals surface area contributed by atoms with Gasteiger partial charge in [0.05, 0.1) is 12.7 Å². The van der Waals surface area contributed by atoms with Crippen molar-refractivity contribution < 1.29 is 9.84 Å². The zero-order valence-corrected chi connectivity index (χ0v) is 12.3. The topological polar surface area (TPSA) is 29.5 Å². The van der Waals surface area contributed by atoms with Crippen molar-refractivity contribution in [2.45, 2.75) is 63.9 Å². The van der Waals surface area contributed by atoms with Crippen LogP contribution in [0, 0.1) is 5.92 Å². The van der Waals surface area contributed by atoms with Crippen LogP contribution in [0.5, 0.6) is 5.75 Å². The molecule has 2 aliphatic rings. The first-order chi connectivity index (χ1) is 9.83. The summed E-state index contributed by atoms with van der Waals surface area (Å²) in [5, 5.41) is 10.4. The third kappa shape index (κ3) is 3.35. The molecule has 1 heterocycles. The first-order valence-electron chi connectivity index (χ1n) is 8.25. The minimum atomic E-state index is -0.113. The molecule has 0 saturated heterocycles. The number of fused-ring (bicyclic) bond motifs is 1. The van der Waals surface area contributed by atoms with Crippen molar-refractivity contribution in [3.63, 3.8) is 0 Å². The maximum Gasteiger partial charge on any atom is 0.122 e. The molecule has 110 valence electrons. The Hall–Kier alpha value is -1.02. The Morgan fingerprint density at radius 3 is 2.75 bits per heavy atom. The SMILES string of the molecule is OC(CCc1ccc2c(c1)CCO2)C1CCCCCC1. The van der Waals surface area contributed by atoms with Gasteiger partial charge in [-0.1, -0.05) is 37.8 Å². The van der Waals surface area contributed by atoms with Crippen molar-refractivity contribution in [3.05, 3.63) is 29.3 Å². The number of aliphatic hydroxyl groups is 1. The van der Waals surface area contributed by atoms with Crippen molar-refractivity contribution in [1.29, 1.82) is 0 Å². The fraction of sp³-hybridized carbons (Fsp3) is 0.667. The monoisotopic (exact) mass is 274 g/mol. The average molecular weight is 274 g/mol. The first-order valence-corrected chi connectivity index (χ1v) is 8.25. The van der Waals surface area contributed by atoms with Crippen LogP contribution in [-0.2, 0) is 12.8 Å². The first kappa shape index (κ1) is 13.9. The number of rotatable bonds is 4. The molecular weight excluding hydrogens is 248 g/mol. The van der Waals surface area contributed by atoms with Gasteiger partial charge in [-0.2, -0.15) is 0 Å². The van der Waals surface area contributed by atoms with Crippen molar-refractivity contribution in [2.24, 2.45) is 5.92 Å². The minimum Gasteiger partial charge on any atom is -0.493 e. The van der Waals surface area contributed by atoms with Crippen LogP contribution in [-0.4, -0.2) is 17.8 Å². The fourth-order valence-corrected chi connectivity index (χ4v) is 3.64. The van der Waals surface area contributed by atoms with E-state index < -0.39 is 0 Å². The summed E-state index contributed by atoms with van der Waals surface area (Å²) in [4.78, 5) is 0. The molecule has 1 N–H and O–H groups in total. The van der Waals surface area contributed by atoms with E-state index in [2.05, 4.69) is 18.2 Å². The molecule has 3 rings (SSSR count).